The molecule has 12 rings (SSSR count). The van der Waals surface area contributed by atoms with Gasteiger partial charge < -0.3 is 14.2 Å². The molecule has 68 heavy (non-hydrogen) atoms. The Morgan fingerprint density at radius 2 is 1.15 bits per heavy atom. The van der Waals surface area contributed by atoms with Crippen LogP contribution in [0.15, 0.2) is 158 Å². The maximum absolute atomic E-state index is 6.97. The van der Waals surface area contributed by atoms with Gasteiger partial charge in [-0.3, -0.25) is 9.13 Å². The Morgan fingerprint density at radius 1 is 0.485 bits per heavy atom. The van der Waals surface area contributed by atoms with Crippen molar-refractivity contribution in [2.24, 2.45) is 0 Å². The van der Waals surface area contributed by atoms with E-state index in [0.29, 0.717) is 0 Å². The van der Waals surface area contributed by atoms with Crippen LogP contribution in [0.3, 0.4) is 0 Å². The average Bonchev–Trinajstić information content (AvgIpc) is 3.89. The van der Waals surface area contributed by atoms with Gasteiger partial charge in [0.2, 0.25) is 0 Å². The molecule has 0 unspecified atom stereocenters. The minimum absolute atomic E-state index is 0.0222. The molecule has 0 fully saturated rings. The standard InChI is InChI=1S/C60H53BN4O3/c1-58(2,3)38-18-22-46-52(30-38)67-54-28-37(29-55-57(54)61(46)47-23-19-39(59(4,5)6)31-53(47)68-55)36-17-24-49-45(27-36)44-21-20-43(34-51(44)65(49)56-32-40(25-26-62-56)60(7,8)9)66-42-14-12-13-41(33-42)64-35-63-48-15-10-11-16-50(48)64/h10-35H,1-9H3. The SMILES string of the molecule is CC(C)(C)c1ccnc(-n2c3ccc(-c4cc5c6c(c4)Oc4cc(C(C)(C)C)ccc4B6c4ccc(C(C)(C)C)cc4O5)cc3c3ccc(Oc4cccc(-n5cnc6ccccc65)c4)cc32)c1. The number of imidazole rings is 1. The van der Waals surface area contributed by atoms with E-state index in [0.717, 1.165) is 106 Å². The number of pyridine rings is 1. The molecule has 0 amide bonds. The quantitative estimate of drug-likeness (QED) is 0.161. The van der Waals surface area contributed by atoms with Crippen LogP contribution in [-0.4, -0.2) is 25.8 Å². The van der Waals surface area contributed by atoms with Crippen molar-refractivity contribution in [2.45, 2.75) is 78.6 Å². The van der Waals surface area contributed by atoms with Gasteiger partial charge in [0.25, 0.3) is 6.71 Å². The van der Waals surface area contributed by atoms with Crippen LogP contribution in [0.2, 0.25) is 0 Å². The molecule has 5 heterocycles. The first-order chi connectivity index (χ1) is 32.5. The summed E-state index contributed by atoms with van der Waals surface area (Å²) in [5, 5.41) is 2.20. The minimum Gasteiger partial charge on any atom is -0.458 e. The van der Waals surface area contributed by atoms with Crippen LogP contribution in [0.1, 0.15) is 79.0 Å². The lowest BCUT2D eigenvalue weighted by Gasteiger charge is -2.35. The molecular formula is C60H53BN4O3. The van der Waals surface area contributed by atoms with E-state index in [1.165, 1.54) is 16.7 Å². The van der Waals surface area contributed by atoms with Crippen molar-refractivity contribution in [2.75, 3.05) is 0 Å². The van der Waals surface area contributed by atoms with Crippen LogP contribution in [0.5, 0.6) is 34.5 Å². The molecule has 334 valence electrons. The second kappa shape index (κ2) is 15.0. The molecule has 2 aliphatic rings. The summed E-state index contributed by atoms with van der Waals surface area (Å²) in [4.78, 5) is 9.62. The molecule has 0 N–H and O–H groups in total. The summed E-state index contributed by atoms with van der Waals surface area (Å²) in [6.45, 7) is 20.2. The van der Waals surface area contributed by atoms with Crippen molar-refractivity contribution in [3.63, 3.8) is 0 Å². The average molecular weight is 889 g/mol. The third-order valence-electron chi connectivity index (χ3n) is 13.9. The minimum atomic E-state index is -0.0665. The van der Waals surface area contributed by atoms with Gasteiger partial charge in [-0.15, -0.1) is 0 Å². The van der Waals surface area contributed by atoms with Gasteiger partial charge >= 0.3 is 0 Å². The first-order valence-electron chi connectivity index (χ1n) is 23.6. The molecule has 7 aromatic carbocycles. The summed E-state index contributed by atoms with van der Waals surface area (Å²) < 4.78 is 25.0. The number of hydrogen-bond acceptors (Lipinski definition) is 5. The highest BCUT2D eigenvalue weighted by Gasteiger charge is 2.41. The van der Waals surface area contributed by atoms with Gasteiger partial charge in [-0.25, -0.2) is 9.97 Å². The predicted molar refractivity (Wildman–Crippen MR) is 279 cm³/mol. The van der Waals surface area contributed by atoms with E-state index in [2.05, 4.69) is 192 Å². The number of para-hydroxylation sites is 2. The molecule has 0 saturated heterocycles. The molecule has 0 bridgehead atoms. The fraction of sp³-hybridized carbons (Fsp3) is 0.200. The first kappa shape index (κ1) is 41.8. The number of rotatable bonds is 5. The molecular weight excluding hydrogens is 835 g/mol. The molecule has 0 spiro atoms. The van der Waals surface area contributed by atoms with Gasteiger partial charge in [0.05, 0.1) is 27.8 Å². The fourth-order valence-electron chi connectivity index (χ4n) is 10.1. The van der Waals surface area contributed by atoms with Gasteiger partial charge in [0.15, 0.2) is 0 Å². The van der Waals surface area contributed by atoms with Crippen LogP contribution in [0.25, 0.3) is 55.5 Å². The van der Waals surface area contributed by atoms with E-state index < -0.39 is 0 Å². The highest BCUT2D eigenvalue weighted by molar-refractivity contribution is 6.98. The summed E-state index contributed by atoms with van der Waals surface area (Å²) in [6.07, 6.45) is 3.78. The number of benzene rings is 7. The molecule has 2 aliphatic heterocycles. The van der Waals surface area contributed by atoms with Gasteiger partial charge in [-0.05, 0) is 140 Å². The lowest BCUT2D eigenvalue weighted by molar-refractivity contribution is 0.461. The second-order valence-corrected chi connectivity index (χ2v) is 21.6. The van der Waals surface area contributed by atoms with Crippen LogP contribution < -0.4 is 30.6 Å². The van der Waals surface area contributed by atoms with E-state index in [1.807, 2.05) is 42.9 Å². The van der Waals surface area contributed by atoms with E-state index in [1.54, 1.807) is 0 Å². The van der Waals surface area contributed by atoms with E-state index in [4.69, 9.17) is 19.2 Å². The Balaban J connectivity index is 0.997. The molecule has 0 aliphatic carbocycles. The van der Waals surface area contributed by atoms with Crippen LogP contribution >= 0.6 is 0 Å². The maximum atomic E-state index is 6.97. The highest BCUT2D eigenvalue weighted by Crippen LogP contribution is 2.43. The Kier molecular flexibility index (Phi) is 9.20. The lowest BCUT2D eigenvalue weighted by Crippen LogP contribution is -2.57. The van der Waals surface area contributed by atoms with Crippen molar-refractivity contribution < 1.29 is 14.2 Å². The Hall–Kier alpha value is -7.58. The fourth-order valence-corrected chi connectivity index (χ4v) is 10.1. The van der Waals surface area contributed by atoms with Crippen molar-refractivity contribution in [1.29, 1.82) is 0 Å². The van der Waals surface area contributed by atoms with Gasteiger partial charge in [-0.1, -0.05) is 111 Å². The summed E-state index contributed by atoms with van der Waals surface area (Å²) in [5.74, 6) is 5.75. The third-order valence-corrected chi connectivity index (χ3v) is 13.9. The smallest absolute Gasteiger partial charge is 0.260 e. The molecule has 7 nitrogen and oxygen atoms in total. The number of nitrogens with zero attached hydrogens (tertiary/aromatic N) is 4. The van der Waals surface area contributed by atoms with Crippen LogP contribution in [0, 0.1) is 0 Å². The number of fused-ring (bicyclic) bond motifs is 8. The normalized spacial score (nSPS) is 13.3. The number of aromatic nitrogens is 4. The predicted octanol–water partition coefficient (Wildman–Crippen LogP) is 13.6. The lowest BCUT2D eigenvalue weighted by atomic mass is 9.34. The Labute approximate surface area is 398 Å². The summed E-state index contributed by atoms with van der Waals surface area (Å²) in [7, 11) is 0. The molecule has 0 atom stereocenters. The van der Waals surface area contributed by atoms with Crippen molar-refractivity contribution in [3.05, 3.63) is 175 Å². The Morgan fingerprint density at radius 3 is 1.84 bits per heavy atom. The molecule has 0 radical (unpaired) electrons. The van der Waals surface area contributed by atoms with Gasteiger partial charge in [-0.2, -0.15) is 0 Å². The van der Waals surface area contributed by atoms with Crippen molar-refractivity contribution in [3.8, 4) is 57.1 Å². The highest BCUT2D eigenvalue weighted by atomic mass is 16.5. The zero-order chi connectivity index (χ0) is 46.9. The van der Waals surface area contributed by atoms with E-state index in [-0.39, 0.29) is 23.0 Å². The van der Waals surface area contributed by atoms with Crippen LogP contribution in [0.4, 0.5) is 0 Å². The molecule has 3 aromatic heterocycles. The number of hydrogen-bond donors (Lipinski definition) is 0. The largest absolute Gasteiger partial charge is 0.458 e. The molecule has 8 heteroatoms. The topological polar surface area (TPSA) is 63.3 Å². The van der Waals surface area contributed by atoms with Crippen LogP contribution in [-0.2, 0) is 16.2 Å². The monoisotopic (exact) mass is 888 g/mol. The maximum Gasteiger partial charge on any atom is 0.260 e. The van der Waals surface area contributed by atoms with Crippen molar-refractivity contribution in [1.82, 2.24) is 19.1 Å². The molecule has 0 saturated carbocycles. The molecule has 10 aromatic rings. The zero-order valence-electron chi connectivity index (χ0n) is 40.1. The summed E-state index contributed by atoms with van der Waals surface area (Å²) in [5.41, 5.74) is 14.0. The number of ether oxygens (including phenoxy) is 3. The van der Waals surface area contributed by atoms with Gasteiger partial charge in [0.1, 0.15) is 46.6 Å². The third kappa shape index (κ3) is 6.96. The first-order valence-corrected chi connectivity index (χ1v) is 23.6. The Bertz CT molecular complexity index is 3600. The summed E-state index contributed by atoms with van der Waals surface area (Å²) >= 11 is 0. The van der Waals surface area contributed by atoms with E-state index in [9.17, 15) is 0 Å². The van der Waals surface area contributed by atoms with E-state index >= 15 is 0 Å². The summed E-state index contributed by atoms with van der Waals surface area (Å²) in [6, 6.07) is 51.7. The van der Waals surface area contributed by atoms with Gasteiger partial charge in [0, 0.05) is 34.6 Å². The second-order valence-electron chi connectivity index (χ2n) is 21.6. The van der Waals surface area contributed by atoms with Crippen molar-refractivity contribution >= 4 is 55.9 Å². The zero-order valence-corrected chi connectivity index (χ0v) is 40.1.